The van der Waals surface area contributed by atoms with Crippen LogP contribution in [0.2, 0.25) is 10.0 Å². The van der Waals surface area contributed by atoms with Crippen molar-refractivity contribution in [2.24, 2.45) is 0 Å². The molecule has 172 valence electrons. The predicted molar refractivity (Wildman–Crippen MR) is 125 cm³/mol. The minimum Gasteiger partial charge on any atom is -0.308 e. The molecule has 2 N–H and O–H groups in total. The van der Waals surface area contributed by atoms with Crippen LogP contribution in [0.4, 0.5) is 23.7 Å². The van der Waals surface area contributed by atoms with E-state index in [0.29, 0.717) is 21.2 Å². The third kappa shape index (κ3) is 6.66. The number of hydrogen-bond donors (Lipinski definition) is 2. The zero-order chi connectivity index (χ0) is 24.2. The van der Waals surface area contributed by atoms with E-state index in [1.807, 2.05) is 6.92 Å². The molecule has 0 aliphatic carbocycles. The van der Waals surface area contributed by atoms with Crippen molar-refractivity contribution in [1.29, 1.82) is 0 Å². The van der Waals surface area contributed by atoms with Gasteiger partial charge in [0.1, 0.15) is 0 Å². The maximum absolute atomic E-state index is 12.7. The first-order chi connectivity index (χ1) is 15.5. The van der Waals surface area contributed by atoms with Crippen molar-refractivity contribution in [2.75, 3.05) is 5.32 Å². The van der Waals surface area contributed by atoms with E-state index >= 15 is 0 Å². The zero-order valence-electron chi connectivity index (χ0n) is 17.0. The number of urea groups is 1. The third-order valence-electron chi connectivity index (χ3n) is 4.55. The Labute approximate surface area is 202 Å². The molecular formula is C23H17Cl2F3N2O2S. The fraction of sp³-hybridized carbons (Fsp3) is 0.130. The lowest BCUT2D eigenvalue weighted by molar-refractivity contribution is -0.137. The van der Waals surface area contributed by atoms with Crippen molar-refractivity contribution in [1.82, 2.24) is 5.32 Å². The number of alkyl halides is 3. The molecule has 4 nitrogen and oxygen atoms in total. The Balaban J connectivity index is 1.62. The van der Waals surface area contributed by atoms with Gasteiger partial charge in [0.25, 0.3) is 5.91 Å². The minimum atomic E-state index is -4.38. The second-order valence-corrected chi connectivity index (χ2v) is 9.11. The first-order valence-electron chi connectivity index (χ1n) is 9.55. The van der Waals surface area contributed by atoms with E-state index in [1.54, 1.807) is 24.3 Å². The molecule has 0 heterocycles. The van der Waals surface area contributed by atoms with Crippen LogP contribution in [0.15, 0.2) is 71.6 Å². The third-order valence-corrected chi connectivity index (χ3v) is 6.54. The van der Waals surface area contributed by atoms with Crippen LogP contribution in [0.1, 0.15) is 33.7 Å². The average molecular weight is 513 g/mol. The Morgan fingerprint density at radius 1 is 0.939 bits per heavy atom. The number of halogens is 5. The van der Waals surface area contributed by atoms with E-state index in [9.17, 15) is 22.8 Å². The van der Waals surface area contributed by atoms with Crippen molar-refractivity contribution in [3.63, 3.8) is 0 Å². The molecule has 3 aromatic carbocycles. The monoisotopic (exact) mass is 512 g/mol. The van der Waals surface area contributed by atoms with Crippen molar-refractivity contribution in [3.8, 4) is 0 Å². The lowest BCUT2D eigenvalue weighted by atomic mass is 10.1. The fourth-order valence-electron chi connectivity index (χ4n) is 2.85. The van der Waals surface area contributed by atoms with Crippen molar-refractivity contribution >= 4 is 52.6 Å². The summed E-state index contributed by atoms with van der Waals surface area (Å²) in [5.74, 6) is -0.651. The zero-order valence-corrected chi connectivity index (χ0v) is 19.4. The van der Waals surface area contributed by atoms with E-state index in [4.69, 9.17) is 23.2 Å². The average Bonchev–Trinajstić information content (AvgIpc) is 2.75. The number of carbonyl (C=O) groups is 2. The van der Waals surface area contributed by atoms with Gasteiger partial charge >= 0.3 is 12.2 Å². The highest BCUT2D eigenvalue weighted by Crippen LogP contribution is 2.40. The summed E-state index contributed by atoms with van der Waals surface area (Å²) in [7, 11) is 0. The maximum Gasteiger partial charge on any atom is 0.416 e. The van der Waals surface area contributed by atoms with Gasteiger partial charge in [-0.05, 0) is 55.0 Å². The van der Waals surface area contributed by atoms with Gasteiger partial charge in [0.05, 0.1) is 21.2 Å². The SMILES string of the molecule is CC(Sc1ccc(NC(=O)NC(=O)c2ccccc2Cl)cc1Cl)c1ccc(C(F)(F)F)cc1. The van der Waals surface area contributed by atoms with Gasteiger partial charge in [0.2, 0.25) is 0 Å². The number of nitrogens with one attached hydrogen (secondary N) is 2. The molecule has 0 saturated heterocycles. The summed E-state index contributed by atoms with van der Waals surface area (Å²) in [5, 5.41) is 5.10. The quantitative estimate of drug-likeness (QED) is 0.342. The highest BCUT2D eigenvalue weighted by molar-refractivity contribution is 7.99. The van der Waals surface area contributed by atoms with E-state index < -0.39 is 23.7 Å². The number of amides is 3. The predicted octanol–water partition coefficient (Wildman–Crippen LogP) is 7.83. The van der Waals surface area contributed by atoms with Crippen molar-refractivity contribution in [3.05, 3.63) is 93.5 Å². The van der Waals surface area contributed by atoms with Gasteiger partial charge in [-0.15, -0.1) is 11.8 Å². The Bertz CT molecular complexity index is 1170. The molecule has 0 aromatic heterocycles. The smallest absolute Gasteiger partial charge is 0.308 e. The minimum absolute atomic E-state index is 0.163. The summed E-state index contributed by atoms with van der Waals surface area (Å²) >= 11 is 13.6. The number of anilines is 1. The molecular weight excluding hydrogens is 496 g/mol. The molecule has 0 saturated carbocycles. The van der Waals surface area contributed by atoms with Crippen LogP contribution in [-0.4, -0.2) is 11.9 Å². The van der Waals surface area contributed by atoms with Gasteiger partial charge in [0.15, 0.2) is 0 Å². The molecule has 10 heteroatoms. The summed E-state index contributed by atoms with van der Waals surface area (Å²) in [4.78, 5) is 25.0. The van der Waals surface area contributed by atoms with E-state index in [-0.39, 0.29) is 15.8 Å². The summed E-state index contributed by atoms with van der Waals surface area (Å²) in [5.41, 5.74) is 0.527. The van der Waals surface area contributed by atoms with Gasteiger partial charge in [-0.2, -0.15) is 13.2 Å². The second kappa shape index (κ2) is 10.5. The molecule has 0 bridgehead atoms. The molecule has 3 aromatic rings. The Morgan fingerprint density at radius 3 is 2.21 bits per heavy atom. The first-order valence-corrected chi connectivity index (χ1v) is 11.2. The highest BCUT2D eigenvalue weighted by Gasteiger charge is 2.30. The lowest BCUT2D eigenvalue weighted by Crippen LogP contribution is -2.34. The number of carbonyl (C=O) groups excluding carboxylic acids is 2. The van der Waals surface area contributed by atoms with Crippen molar-refractivity contribution in [2.45, 2.75) is 23.2 Å². The highest BCUT2D eigenvalue weighted by atomic mass is 35.5. The molecule has 1 atom stereocenters. The fourth-order valence-corrected chi connectivity index (χ4v) is 4.38. The molecule has 1 unspecified atom stereocenters. The maximum atomic E-state index is 12.7. The topological polar surface area (TPSA) is 58.2 Å². The van der Waals surface area contributed by atoms with Gasteiger partial charge < -0.3 is 5.32 Å². The van der Waals surface area contributed by atoms with Crippen LogP contribution < -0.4 is 10.6 Å². The standard InChI is InChI=1S/C23H17Cl2F3N2O2S/c1-13(14-6-8-15(9-7-14)23(26,27)28)33-20-11-10-16(12-19(20)25)29-22(32)30-21(31)17-4-2-3-5-18(17)24/h2-13H,1H3,(H2,29,30,31,32). The number of rotatable bonds is 5. The Kier molecular flexibility index (Phi) is 7.94. The molecule has 0 spiro atoms. The second-order valence-electron chi connectivity index (χ2n) is 6.91. The van der Waals surface area contributed by atoms with Gasteiger partial charge in [0, 0.05) is 15.8 Å². The van der Waals surface area contributed by atoms with Crippen LogP contribution in [-0.2, 0) is 6.18 Å². The van der Waals surface area contributed by atoms with Gasteiger partial charge in [-0.1, -0.05) is 47.5 Å². The molecule has 0 fully saturated rings. The molecule has 3 amide bonds. The van der Waals surface area contributed by atoms with Gasteiger partial charge in [-0.25, -0.2) is 4.79 Å². The summed E-state index contributed by atoms with van der Waals surface area (Å²) < 4.78 is 38.2. The largest absolute Gasteiger partial charge is 0.416 e. The lowest BCUT2D eigenvalue weighted by Gasteiger charge is -2.15. The molecule has 33 heavy (non-hydrogen) atoms. The van der Waals surface area contributed by atoms with E-state index in [2.05, 4.69) is 10.6 Å². The number of thioether (sulfide) groups is 1. The Hall–Kier alpha value is -2.68. The summed E-state index contributed by atoms with van der Waals surface area (Å²) in [6.45, 7) is 1.85. The molecule has 0 radical (unpaired) electrons. The number of imide groups is 1. The van der Waals surface area contributed by atoms with Crippen LogP contribution in [0, 0.1) is 0 Å². The van der Waals surface area contributed by atoms with Crippen LogP contribution in [0.3, 0.4) is 0 Å². The normalized spacial score (nSPS) is 12.2. The number of benzene rings is 3. The Morgan fingerprint density at radius 2 is 1.61 bits per heavy atom. The summed E-state index contributed by atoms with van der Waals surface area (Å²) in [6, 6.07) is 15.3. The van der Waals surface area contributed by atoms with E-state index in [1.165, 1.54) is 42.1 Å². The molecule has 0 aliphatic heterocycles. The van der Waals surface area contributed by atoms with Crippen LogP contribution in [0.5, 0.6) is 0 Å². The number of hydrogen-bond acceptors (Lipinski definition) is 3. The first kappa shape index (κ1) is 25.0. The van der Waals surface area contributed by atoms with Crippen molar-refractivity contribution < 1.29 is 22.8 Å². The summed E-state index contributed by atoms with van der Waals surface area (Å²) in [6.07, 6.45) is -4.38. The van der Waals surface area contributed by atoms with Crippen LogP contribution in [0.25, 0.3) is 0 Å². The molecule has 0 aliphatic rings. The van der Waals surface area contributed by atoms with Crippen LogP contribution >= 0.6 is 35.0 Å². The van der Waals surface area contributed by atoms with Gasteiger partial charge in [-0.3, -0.25) is 10.1 Å². The van der Waals surface area contributed by atoms with E-state index in [0.717, 1.165) is 12.1 Å². The molecule has 3 rings (SSSR count).